The Morgan fingerprint density at radius 1 is 1.05 bits per heavy atom. The van der Waals surface area contributed by atoms with Gasteiger partial charge in [-0.2, -0.15) is 0 Å². The van der Waals surface area contributed by atoms with Gasteiger partial charge in [0.15, 0.2) is 0 Å². The molecule has 4 N–H and O–H groups in total. The molecule has 1 saturated carbocycles. The van der Waals surface area contributed by atoms with Crippen molar-refractivity contribution in [2.45, 2.75) is 89.4 Å². The average Bonchev–Trinajstić information content (AvgIpc) is 3.45. The Balaban J connectivity index is 1.50. The van der Waals surface area contributed by atoms with Gasteiger partial charge in [0.25, 0.3) is 5.91 Å². The molecular formula is C33H45N5O5. The van der Waals surface area contributed by atoms with Crippen molar-refractivity contribution < 1.29 is 24.3 Å². The second-order valence-corrected chi connectivity index (χ2v) is 11.8. The molecule has 4 rings (SSSR count). The van der Waals surface area contributed by atoms with E-state index in [0.29, 0.717) is 30.8 Å². The third kappa shape index (κ3) is 8.87. The molecule has 2 aliphatic rings. The highest BCUT2D eigenvalue weighted by atomic mass is 16.3. The zero-order valence-electron chi connectivity index (χ0n) is 25.5. The lowest BCUT2D eigenvalue weighted by molar-refractivity contribution is -0.124. The molecule has 3 atom stereocenters. The number of hydrogen-bond donors (Lipinski definition) is 4. The van der Waals surface area contributed by atoms with Crippen molar-refractivity contribution in [1.29, 1.82) is 0 Å². The Hall–Kier alpha value is -3.76. The fraction of sp³-hybridized carbons (Fsp3) is 0.515. The Morgan fingerprint density at radius 2 is 1.77 bits per heavy atom. The molecule has 1 heterocycles. The highest BCUT2D eigenvalue weighted by Gasteiger charge is 2.27. The number of aliphatic hydroxyl groups is 1. The van der Waals surface area contributed by atoms with Crippen LogP contribution < -0.4 is 25.8 Å². The summed E-state index contributed by atoms with van der Waals surface area (Å²) in [6.45, 7) is 3.84. The van der Waals surface area contributed by atoms with Crippen molar-refractivity contribution in [2.75, 3.05) is 29.9 Å². The molecule has 2 aromatic carbocycles. The molecule has 1 saturated heterocycles. The van der Waals surface area contributed by atoms with Crippen molar-refractivity contribution >= 4 is 35.0 Å². The minimum absolute atomic E-state index is 0.0286. The van der Waals surface area contributed by atoms with Crippen LogP contribution in [0.3, 0.4) is 0 Å². The van der Waals surface area contributed by atoms with Crippen molar-refractivity contribution in [3.05, 3.63) is 59.7 Å². The Bertz CT molecular complexity index is 1280. The van der Waals surface area contributed by atoms with Gasteiger partial charge in [-0.05, 0) is 56.4 Å². The van der Waals surface area contributed by atoms with Gasteiger partial charge in [-0.15, -0.1) is 0 Å². The molecule has 232 valence electrons. The summed E-state index contributed by atoms with van der Waals surface area (Å²) in [5, 5.41) is 20.5. The molecule has 0 bridgehead atoms. The predicted octanol–water partition coefficient (Wildman–Crippen LogP) is 2.93. The summed E-state index contributed by atoms with van der Waals surface area (Å²) in [5.74, 6) is -0.770. The molecule has 0 spiro atoms. The number of anilines is 2. The van der Waals surface area contributed by atoms with Gasteiger partial charge < -0.3 is 30.9 Å². The van der Waals surface area contributed by atoms with Crippen LogP contribution in [0.1, 0.15) is 74.7 Å². The maximum Gasteiger partial charge on any atom is 0.251 e. The largest absolute Gasteiger partial charge is 0.390 e. The first-order chi connectivity index (χ1) is 20.6. The van der Waals surface area contributed by atoms with E-state index in [-0.39, 0.29) is 35.9 Å². The average molecular weight is 592 g/mol. The van der Waals surface area contributed by atoms with Crippen molar-refractivity contribution in [3.8, 4) is 0 Å². The monoisotopic (exact) mass is 591 g/mol. The molecule has 10 heteroatoms. The number of carbonyl (C=O) groups is 4. The van der Waals surface area contributed by atoms with Crippen molar-refractivity contribution in [2.24, 2.45) is 0 Å². The maximum atomic E-state index is 13.7. The van der Waals surface area contributed by atoms with Crippen molar-refractivity contribution in [1.82, 2.24) is 16.0 Å². The van der Waals surface area contributed by atoms with Gasteiger partial charge in [0.05, 0.1) is 18.2 Å². The number of benzene rings is 2. The van der Waals surface area contributed by atoms with Crippen LogP contribution in [-0.4, -0.2) is 73.1 Å². The molecule has 3 unspecified atom stereocenters. The predicted molar refractivity (Wildman–Crippen MR) is 167 cm³/mol. The fourth-order valence-corrected chi connectivity index (χ4v) is 5.69. The normalized spacial score (nSPS) is 17.7. The van der Waals surface area contributed by atoms with E-state index in [4.69, 9.17) is 0 Å². The standard InChI is InChI=1S/C33H45N5O5/c1-22(32(42)35-26-13-8-5-9-14-26)34-21-30(40)29(17-24-11-6-4-7-12-24)36-33(43)25-18-27(37(3)23(2)39)20-28(19-25)38-16-10-15-31(38)41/h4,6-7,11-12,18-20,22,26,29-30,34,40H,5,8-10,13-17,21H2,1-3H3,(H,35,42)(H,36,43). The molecule has 10 nitrogen and oxygen atoms in total. The Kier molecular flexibility index (Phi) is 11.3. The molecule has 0 radical (unpaired) electrons. The number of carbonyl (C=O) groups excluding carboxylic acids is 4. The first kappa shape index (κ1) is 32.2. The topological polar surface area (TPSA) is 131 Å². The molecule has 2 aromatic rings. The van der Waals surface area contributed by atoms with Crippen LogP contribution in [0.5, 0.6) is 0 Å². The van der Waals surface area contributed by atoms with Gasteiger partial charge in [0.1, 0.15) is 0 Å². The number of amides is 4. The number of rotatable bonds is 12. The van der Waals surface area contributed by atoms with Crippen LogP contribution in [0, 0.1) is 0 Å². The molecule has 0 aromatic heterocycles. The molecule has 1 aliphatic carbocycles. The Morgan fingerprint density at radius 3 is 2.42 bits per heavy atom. The van der Waals surface area contributed by atoms with Crippen LogP contribution in [0.25, 0.3) is 0 Å². The molecule has 1 aliphatic heterocycles. The van der Waals surface area contributed by atoms with Crippen LogP contribution in [-0.2, 0) is 20.8 Å². The number of nitrogens with zero attached hydrogens (tertiary/aromatic N) is 2. The Labute approximate surface area is 254 Å². The van der Waals surface area contributed by atoms with Crippen LogP contribution in [0.4, 0.5) is 11.4 Å². The SMILES string of the molecule is CC(=O)N(C)c1cc(C(=O)NC(Cc2ccccc2)C(O)CNC(C)C(=O)NC2CCCCC2)cc(N2CCCC2=O)c1. The lowest BCUT2D eigenvalue weighted by atomic mass is 9.95. The third-order valence-corrected chi connectivity index (χ3v) is 8.47. The third-order valence-electron chi connectivity index (χ3n) is 8.47. The number of hydrogen-bond acceptors (Lipinski definition) is 6. The van der Waals surface area contributed by atoms with Gasteiger partial charge in [0, 0.05) is 56.5 Å². The molecule has 4 amide bonds. The molecule has 2 fully saturated rings. The van der Waals surface area contributed by atoms with Gasteiger partial charge in [-0.3, -0.25) is 19.2 Å². The van der Waals surface area contributed by atoms with E-state index in [9.17, 15) is 24.3 Å². The van der Waals surface area contributed by atoms with Gasteiger partial charge in [0.2, 0.25) is 17.7 Å². The highest BCUT2D eigenvalue weighted by molar-refractivity contribution is 6.02. The van der Waals surface area contributed by atoms with E-state index in [1.807, 2.05) is 30.3 Å². The quantitative estimate of drug-likeness (QED) is 0.300. The van der Waals surface area contributed by atoms with Crippen LogP contribution in [0.15, 0.2) is 48.5 Å². The zero-order valence-corrected chi connectivity index (χ0v) is 25.5. The van der Waals surface area contributed by atoms with Gasteiger partial charge in [-0.25, -0.2) is 0 Å². The molecular weight excluding hydrogens is 546 g/mol. The van der Waals surface area contributed by atoms with E-state index in [2.05, 4.69) is 16.0 Å². The maximum absolute atomic E-state index is 13.7. The van der Waals surface area contributed by atoms with E-state index in [0.717, 1.165) is 37.7 Å². The van der Waals surface area contributed by atoms with Gasteiger partial charge >= 0.3 is 0 Å². The summed E-state index contributed by atoms with van der Waals surface area (Å²) >= 11 is 0. The minimum atomic E-state index is -1.00. The summed E-state index contributed by atoms with van der Waals surface area (Å²) in [6.07, 6.45) is 5.95. The number of aliphatic hydroxyl groups excluding tert-OH is 1. The van der Waals surface area contributed by atoms with E-state index < -0.39 is 24.1 Å². The number of nitrogens with one attached hydrogen (secondary N) is 3. The fourth-order valence-electron chi connectivity index (χ4n) is 5.69. The van der Waals surface area contributed by atoms with Gasteiger partial charge in [-0.1, -0.05) is 49.6 Å². The summed E-state index contributed by atoms with van der Waals surface area (Å²) in [7, 11) is 1.62. The minimum Gasteiger partial charge on any atom is -0.390 e. The summed E-state index contributed by atoms with van der Waals surface area (Å²) in [5.41, 5.74) is 2.26. The summed E-state index contributed by atoms with van der Waals surface area (Å²) in [6, 6.07) is 13.6. The van der Waals surface area contributed by atoms with Crippen molar-refractivity contribution in [3.63, 3.8) is 0 Å². The summed E-state index contributed by atoms with van der Waals surface area (Å²) < 4.78 is 0. The molecule has 43 heavy (non-hydrogen) atoms. The first-order valence-corrected chi connectivity index (χ1v) is 15.4. The highest BCUT2D eigenvalue weighted by Crippen LogP contribution is 2.28. The lowest BCUT2D eigenvalue weighted by Crippen LogP contribution is -2.53. The smallest absolute Gasteiger partial charge is 0.251 e. The second-order valence-electron chi connectivity index (χ2n) is 11.8. The second kappa shape index (κ2) is 15.1. The summed E-state index contributed by atoms with van der Waals surface area (Å²) in [4.78, 5) is 54.2. The van der Waals surface area contributed by atoms with E-state index in [1.165, 1.54) is 18.2 Å². The first-order valence-electron chi connectivity index (χ1n) is 15.4. The van der Waals surface area contributed by atoms with Crippen LogP contribution >= 0.6 is 0 Å². The zero-order chi connectivity index (χ0) is 30.9. The lowest BCUT2D eigenvalue weighted by Gasteiger charge is -2.28. The van der Waals surface area contributed by atoms with E-state index in [1.54, 1.807) is 37.1 Å². The van der Waals surface area contributed by atoms with E-state index >= 15 is 0 Å². The van der Waals surface area contributed by atoms with Crippen LogP contribution in [0.2, 0.25) is 0 Å².